The Morgan fingerprint density at radius 3 is 2.61 bits per heavy atom. The average molecular weight is 449 g/mol. The number of hydrazone groups is 1. The molecule has 0 fully saturated rings. The smallest absolute Gasteiger partial charge is 0.292 e. The molecule has 6 nitrogen and oxygen atoms in total. The lowest BCUT2D eigenvalue weighted by Gasteiger charge is -2.03. The lowest BCUT2D eigenvalue weighted by atomic mass is 10.1. The topological polar surface area (TPSA) is 79.5 Å². The van der Waals surface area contributed by atoms with E-state index in [1.165, 1.54) is 17.6 Å². The Hall–Kier alpha value is -3.68. The summed E-state index contributed by atoms with van der Waals surface area (Å²) in [7, 11) is 0. The van der Waals surface area contributed by atoms with E-state index in [-0.39, 0.29) is 11.7 Å². The standard InChI is InChI=1S/C23H17ClN4O2S/c24-18-12-10-17(11-13-18)20-22(27-21(29)19-9-5-15-30-19)31-23(26-20)28-25-14-4-8-16-6-2-1-3-7-16/h1-15H,(H,26,28)(H,27,29). The number of allylic oxidation sites excluding steroid dienone is 1. The highest BCUT2D eigenvalue weighted by Gasteiger charge is 2.17. The molecular weight excluding hydrogens is 432 g/mol. The van der Waals surface area contributed by atoms with Gasteiger partial charge in [0.15, 0.2) is 5.76 Å². The molecule has 0 aliphatic rings. The van der Waals surface area contributed by atoms with Gasteiger partial charge in [0.2, 0.25) is 5.13 Å². The summed E-state index contributed by atoms with van der Waals surface area (Å²) < 4.78 is 5.17. The van der Waals surface area contributed by atoms with Crippen molar-refractivity contribution in [3.8, 4) is 11.3 Å². The summed E-state index contributed by atoms with van der Waals surface area (Å²) in [6.07, 6.45) is 6.86. The minimum Gasteiger partial charge on any atom is -0.459 e. The number of furan rings is 1. The first-order valence-corrected chi connectivity index (χ1v) is 10.5. The van der Waals surface area contributed by atoms with E-state index in [1.807, 2.05) is 54.6 Å². The van der Waals surface area contributed by atoms with Crippen molar-refractivity contribution in [2.45, 2.75) is 0 Å². The highest BCUT2D eigenvalue weighted by molar-refractivity contribution is 7.20. The van der Waals surface area contributed by atoms with Gasteiger partial charge in [-0.25, -0.2) is 4.98 Å². The van der Waals surface area contributed by atoms with E-state index >= 15 is 0 Å². The number of benzene rings is 2. The molecule has 4 aromatic rings. The zero-order valence-corrected chi connectivity index (χ0v) is 17.7. The first-order valence-electron chi connectivity index (χ1n) is 9.31. The van der Waals surface area contributed by atoms with Gasteiger partial charge in [-0.1, -0.05) is 71.5 Å². The van der Waals surface area contributed by atoms with Crippen LogP contribution < -0.4 is 10.7 Å². The van der Waals surface area contributed by atoms with Gasteiger partial charge in [-0.3, -0.25) is 10.2 Å². The van der Waals surface area contributed by atoms with Crippen LogP contribution >= 0.6 is 22.9 Å². The summed E-state index contributed by atoms with van der Waals surface area (Å²) in [6, 6.07) is 20.4. The van der Waals surface area contributed by atoms with E-state index in [0.29, 0.717) is 20.8 Å². The lowest BCUT2D eigenvalue weighted by Crippen LogP contribution is -2.10. The number of hydrogen-bond donors (Lipinski definition) is 2. The van der Waals surface area contributed by atoms with E-state index in [4.69, 9.17) is 16.0 Å². The van der Waals surface area contributed by atoms with Crippen LogP contribution in [-0.4, -0.2) is 17.1 Å². The highest BCUT2D eigenvalue weighted by Crippen LogP contribution is 2.36. The highest BCUT2D eigenvalue weighted by atomic mass is 35.5. The molecular formula is C23H17ClN4O2S. The van der Waals surface area contributed by atoms with E-state index in [1.54, 1.807) is 30.5 Å². The number of carbonyl (C=O) groups excluding carboxylic acids is 1. The zero-order chi connectivity index (χ0) is 21.5. The summed E-state index contributed by atoms with van der Waals surface area (Å²) in [4.78, 5) is 17.0. The normalized spacial score (nSPS) is 11.3. The number of amides is 1. The van der Waals surface area contributed by atoms with E-state index < -0.39 is 0 Å². The van der Waals surface area contributed by atoms with Gasteiger partial charge in [0.25, 0.3) is 5.91 Å². The molecule has 2 heterocycles. The first-order chi connectivity index (χ1) is 15.2. The van der Waals surface area contributed by atoms with Gasteiger partial charge in [0.05, 0.1) is 6.26 Å². The van der Waals surface area contributed by atoms with Crippen LogP contribution in [0.3, 0.4) is 0 Å². The summed E-state index contributed by atoms with van der Waals surface area (Å²) >= 11 is 7.27. The molecule has 31 heavy (non-hydrogen) atoms. The number of thiazole rings is 1. The molecule has 2 aromatic heterocycles. The third-order valence-electron chi connectivity index (χ3n) is 4.13. The number of hydrogen-bond acceptors (Lipinski definition) is 6. The predicted octanol–water partition coefficient (Wildman–Crippen LogP) is 6.42. The van der Waals surface area contributed by atoms with Gasteiger partial charge in [-0.15, -0.1) is 0 Å². The number of halogens is 1. The fourth-order valence-corrected chi connectivity index (χ4v) is 3.64. The number of nitrogens with one attached hydrogen (secondary N) is 2. The largest absolute Gasteiger partial charge is 0.459 e. The van der Waals surface area contributed by atoms with Crippen molar-refractivity contribution in [1.82, 2.24) is 4.98 Å². The van der Waals surface area contributed by atoms with Crippen LogP contribution in [0, 0.1) is 0 Å². The molecule has 1 amide bonds. The van der Waals surface area contributed by atoms with Crippen molar-refractivity contribution < 1.29 is 9.21 Å². The van der Waals surface area contributed by atoms with E-state index in [2.05, 4.69) is 20.8 Å². The SMILES string of the molecule is O=C(Nc1sc(NN=CC=Cc2ccccc2)nc1-c1ccc(Cl)cc1)c1ccco1. The molecule has 0 aliphatic heterocycles. The number of anilines is 2. The van der Waals surface area contributed by atoms with Crippen LogP contribution in [0.4, 0.5) is 10.1 Å². The number of aromatic nitrogens is 1. The predicted molar refractivity (Wildman–Crippen MR) is 127 cm³/mol. The first kappa shape index (κ1) is 20.6. The second-order valence-electron chi connectivity index (χ2n) is 6.29. The molecule has 0 radical (unpaired) electrons. The average Bonchev–Trinajstić information content (AvgIpc) is 3.45. The van der Waals surface area contributed by atoms with Crippen molar-refractivity contribution in [3.05, 3.63) is 95.4 Å². The third-order valence-corrected chi connectivity index (χ3v) is 5.25. The van der Waals surface area contributed by atoms with Gasteiger partial charge in [-0.2, -0.15) is 5.10 Å². The zero-order valence-electron chi connectivity index (χ0n) is 16.2. The maximum Gasteiger partial charge on any atom is 0.292 e. The number of rotatable bonds is 7. The van der Waals surface area contributed by atoms with Crippen molar-refractivity contribution in [2.75, 3.05) is 10.7 Å². The summed E-state index contributed by atoms with van der Waals surface area (Å²) in [6.45, 7) is 0. The van der Waals surface area contributed by atoms with Gasteiger partial charge in [0, 0.05) is 16.8 Å². The quantitative estimate of drug-likeness (QED) is 0.252. The molecule has 8 heteroatoms. The van der Waals surface area contributed by atoms with E-state index in [0.717, 1.165) is 11.1 Å². The third kappa shape index (κ3) is 5.48. The Labute approximate surface area is 187 Å². The second-order valence-corrected chi connectivity index (χ2v) is 7.73. The van der Waals surface area contributed by atoms with Crippen molar-refractivity contribution in [1.29, 1.82) is 0 Å². The summed E-state index contributed by atoms with van der Waals surface area (Å²) in [5.74, 6) is -0.140. The Bertz CT molecular complexity index is 1200. The lowest BCUT2D eigenvalue weighted by molar-refractivity contribution is 0.0997. The molecule has 2 N–H and O–H groups in total. The van der Waals surface area contributed by atoms with Crippen molar-refractivity contribution >= 4 is 51.3 Å². The van der Waals surface area contributed by atoms with Crippen LogP contribution in [0.15, 0.2) is 88.6 Å². The van der Waals surface area contributed by atoms with Crippen LogP contribution in [-0.2, 0) is 0 Å². The molecule has 0 bridgehead atoms. The van der Waals surface area contributed by atoms with Crippen molar-refractivity contribution in [3.63, 3.8) is 0 Å². The molecule has 0 aliphatic carbocycles. The van der Waals surface area contributed by atoms with Gasteiger partial charge < -0.3 is 9.73 Å². The Kier molecular flexibility index (Phi) is 6.56. The molecule has 154 valence electrons. The van der Waals surface area contributed by atoms with Crippen LogP contribution in [0.25, 0.3) is 17.3 Å². The molecule has 0 atom stereocenters. The number of carbonyl (C=O) groups is 1. The van der Waals surface area contributed by atoms with Crippen LogP contribution in [0.1, 0.15) is 16.1 Å². The Morgan fingerprint density at radius 2 is 1.87 bits per heavy atom. The van der Waals surface area contributed by atoms with Crippen LogP contribution in [0.5, 0.6) is 0 Å². The molecule has 0 saturated carbocycles. The van der Waals surface area contributed by atoms with Crippen molar-refractivity contribution in [2.24, 2.45) is 5.10 Å². The molecule has 2 aromatic carbocycles. The fraction of sp³-hybridized carbons (Fsp3) is 0. The minimum absolute atomic E-state index is 0.217. The maximum atomic E-state index is 12.4. The minimum atomic E-state index is -0.357. The Balaban J connectivity index is 1.52. The van der Waals surface area contributed by atoms with Gasteiger partial charge >= 0.3 is 0 Å². The summed E-state index contributed by atoms with van der Waals surface area (Å²) in [5, 5.41) is 8.76. The van der Waals surface area contributed by atoms with Gasteiger partial charge in [0.1, 0.15) is 10.7 Å². The van der Waals surface area contributed by atoms with Crippen LogP contribution in [0.2, 0.25) is 5.02 Å². The number of nitrogens with zero attached hydrogens (tertiary/aromatic N) is 2. The molecule has 0 saturated heterocycles. The fourth-order valence-electron chi connectivity index (χ4n) is 2.68. The Morgan fingerprint density at radius 1 is 1.06 bits per heavy atom. The monoisotopic (exact) mass is 448 g/mol. The summed E-state index contributed by atoms with van der Waals surface area (Å²) in [5.41, 5.74) is 5.41. The second kappa shape index (κ2) is 9.88. The molecule has 0 spiro atoms. The molecule has 4 rings (SSSR count). The van der Waals surface area contributed by atoms with Gasteiger partial charge in [-0.05, 0) is 35.9 Å². The maximum absolute atomic E-state index is 12.4. The molecule has 0 unspecified atom stereocenters. The van der Waals surface area contributed by atoms with E-state index in [9.17, 15) is 4.79 Å².